The van der Waals surface area contributed by atoms with Crippen LogP contribution in [-0.2, 0) is 16.6 Å². The van der Waals surface area contributed by atoms with Crippen molar-refractivity contribution in [1.82, 2.24) is 4.90 Å². The Hall–Kier alpha value is -2.55. The van der Waals surface area contributed by atoms with Gasteiger partial charge in [-0.05, 0) is 18.1 Å². The van der Waals surface area contributed by atoms with Crippen LogP contribution >= 0.6 is 0 Å². The molecule has 3 nitrogen and oxygen atoms in total. The number of hydrogen-bond donors (Lipinski definition) is 0. The van der Waals surface area contributed by atoms with Crippen molar-refractivity contribution < 1.29 is 9.53 Å². The molecule has 3 heteroatoms. The minimum Gasteiger partial charge on any atom is -0.478 e. The van der Waals surface area contributed by atoms with Crippen LogP contribution in [0.15, 0.2) is 67.3 Å². The highest BCUT2D eigenvalue weighted by molar-refractivity contribution is 5.90. The van der Waals surface area contributed by atoms with Gasteiger partial charge in [-0.15, -0.1) is 6.58 Å². The highest BCUT2D eigenvalue weighted by atomic mass is 16.5. The van der Waals surface area contributed by atoms with Gasteiger partial charge in [0, 0.05) is 17.5 Å². The number of benzene rings is 2. The Morgan fingerprint density at radius 3 is 2.62 bits per heavy atom. The number of hydrogen-bond acceptors (Lipinski definition) is 2. The SMILES string of the molecule is C=CCN1C(=O)[C@H]2Oc3ccccc3[C@](C)(Cc3ccccc3)[C@H]21. The van der Waals surface area contributed by atoms with Crippen molar-refractivity contribution in [2.75, 3.05) is 6.54 Å². The first-order valence-corrected chi connectivity index (χ1v) is 8.36. The number of carbonyl (C=O) groups excluding carboxylic acids is 1. The Kier molecular flexibility index (Phi) is 3.45. The predicted molar refractivity (Wildman–Crippen MR) is 94.1 cm³/mol. The second kappa shape index (κ2) is 5.52. The summed E-state index contributed by atoms with van der Waals surface area (Å²) in [5.41, 5.74) is 2.27. The Morgan fingerprint density at radius 1 is 1.17 bits per heavy atom. The summed E-state index contributed by atoms with van der Waals surface area (Å²) in [4.78, 5) is 14.4. The lowest BCUT2D eigenvalue weighted by Gasteiger charge is -2.57. The fourth-order valence-corrected chi connectivity index (χ4v) is 4.21. The van der Waals surface area contributed by atoms with Gasteiger partial charge in [0.05, 0.1) is 6.04 Å². The van der Waals surface area contributed by atoms with Crippen LogP contribution in [0.2, 0.25) is 0 Å². The highest BCUT2D eigenvalue weighted by Crippen LogP contribution is 2.49. The maximum Gasteiger partial charge on any atom is 0.266 e. The number of nitrogens with zero attached hydrogens (tertiary/aromatic N) is 1. The summed E-state index contributed by atoms with van der Waals surface area (Å²) in [5, 5.41) is 0. The van der Waals surface area contributed by atoms with E-state index in [1.54, 1.807) is 6.08 Å². The summed E-state index contributed by atoms with van der Waals surface area (Å²) in [6, 6.07) is 18.6. The fourth-order valence-electron chi connectivity index (χ4n) is 4.21. The van der Waals surface area contributed by atoms with Crippen molar-refractivity contribution in [3.8, 4) is 5.75 Å². The Bertz CT molecular complexity index is 785. The van der Waals surface area contributed by atoms with E-state index in [4.69, 9.17) is 4.74 Å². The Labute approximate surface area is 142 Å². The molecule has 0 N–H and O–H groups in total. The van der Waals surface area contributed by atoms with Crippen LogP contribution in [0.3, 0.4) is 0 Å². The van der Waals surface area contributed by atoms with Gasteiger partial charge in [-0.3, -0.25) is 4.79 Å². The lowest BCUT2D eigenvalue weighted by atomic mass is 9.64. The molecule has 2 aromatic rings. The third-order valence-electron chi connectivity index (χ3n) is 5.30. The zero-order valence-corrected chi connectivity index (χ0v) is 13.8. The number of likely N-dealkylation sites (tertiary alicyclic amines) is 1. The van der Waals surface area contributed by atoms with Gasteiger partial charge >= 0.3 is 0 Å². The minimum atomic E-state index is -0.381. The quantitative estimate of drug-likeness (QED) is 0.639. The van der Waals surface area contributed by atoms with E-state index >= 15 is 0 Å². The van der Waals surface area contributed by atoms with Gasteiger partial charge in [0.1, 0.15) is 5.75 Å². The molecule has 0 aliphatic carbocycles. The second-order valence-corrected chi connectivity index (χ2v) is 6.84. The van der Waals surface area contributed by atoms with Gasteiger partial charge in [0.2, 0.25) is 0 Å². The highest BCUT2D eigenvalue weighted by Gasteiger charge is 2.60. The third-order valence-corrected chi connectivity index (χ3v) is 5.30. The molecule has 0 saturated carbocycles. The van der Waals surface area contributed by atoms with E-state index in [-0.39, 0.29) is 23.5 Å². The number of β-lactam (4-membered cyclic amide) rings is 1. The van der Waals surface area contributed by atoms with Gasteiger partial charge in [0.25, 0.3) is 5.91 Å². The van der Waals surface area contributed by atoms with Crippen LogP contribution in [-0.4, -0.2) is 29.5 Å². The van der Waals surface area contributed by atoms with Gasteiger partial charge in [-0.2, -0.15) is 0 Å². The van der Waals surface area contributed by atoms with Crippen molar-refractivity contribution in [3.63, 3.8) is 0 Å². The minimum absolute atomic E-state index is 0.0399. The number of ether oxygens (including phenoxy) is 1. The fraction of sp³-hybridized carbons (Fsp3) is 0.286. The van der Waals surface area contributed by atoms with Gasteiger partial charge in [0.15, 0.2) is 6.10 Å². The van der Waals surface area contributed by atoms with Gasteiger partial charge in [-0.25, -0.2) is 0 Å². The lowest BCUT2D eigenvalue weighted by Crippen LogP contribution is -2.75. The van der Waals surface area contributed by atoms with Crippen molar-refractivity contribution in [2.45, 2.75) is 30.9 Å². The molecule has 2 aliphatic heterocycles. The first-order chi connectivity index (χ1) is 11.6. The monoisotopic (exact) mass is 319 g/mol. The summed E-state index contributed by atoms with van der Waals surface area (Å²) < 4.78 is 6.03. The van der Waals surface area contributed by atoms with E-state index < -0.39 is 0 Å². The van der Waals surface area contributed by atoms with E-state index in [1.807, 2.05) is 29.2 Å². The molecule has 0 aromatic heterocycles. The van der Waals surface area contributed by atoms with E-state index in [9.17, 15) is 4.79 Å². The summed E-state index contributed by atoms with van der Waals surface area (Å²) >= 11 is 0. The molecule has 3 atom stereocenters. The number of rotatable bonds is 4. The van der Waals surface area contributed by atoms with Gasteiger partial charge in [-0.1, -0.05) is 61.5 Å². The van der Waals surface area contributed by atoms with E-state index in [0.29, 0.717) is 6.54 Å². The zero-order chi connectivity index (χ0) is 16.7. The molecule has 0 unspecified atom stereocenters. The zero-order valence-electron chi connectivity index (χ0n) is 13.8. The maximum atomic E-state index is 12.5. The number of amides is 1. The largest absolute Gasteiger partial charge is 0.478 e. The molecule has 0 spiro atoms. The van der Waals surface area contributed by atoms with Crippen molar-refractivity contribution in [2.24, 2.45) is 0 Å². The smallest absolute Gasteiger partial charge is 0.266 e. The van der Waals surface area contributed by atoms with Crippen LogP contribution in [0.5, 0.6) is 5.75 Å². The van der Waals surface area contributed by atoms with Crippen molar-refractivity contribution in [3.05, 3.63) is 78.4 Å². The van der Waals surface area contributed by atoms with Crippen LogP contribution in [0.25, 0.3) is 0 Å². The standard InChI is InChI=1S/C21H21NO2/c1-3-13-22-19-18(20(22)23)24-17-12-8-7-11-16(17)21(19,2)14-15-9-5-4-6-10-15/h3-12,18-19H,1,13-14H2,2H3/t18-,19-,21-/m0/s1. The average Bonchev–Trinajstić information content (AvgIpc) is 2.61. The molecule has 1 amide bonds. The molecular weight excluding hydrogens is 298 g/mol. The van der Waals surface area contributed by atoms with Crippen molar-refractivity contribution >= 4 is 5.91 Å². The average molecular weight is 319 g/mol. The molecule has 2 aromatic carbocycles. The molecule has 0 bridgehead atoms. The third kappa shape index (κ3) is 2.08. The molecule has 1 fully saturated rings. The molecule has 4 rings (SSSR count). The van der Waals surface area contributed by atoms with Crippen LogP contribution in [0, 0.1) is 0 Å². The van der Waals surface area contributed by atoms with Crippen LogP contribution in [0.1, 0.15) is 18.1 Å². The maximum absolute atomic E-state index is 12.5. The lowest BCUT2D eigenvalue weighted by molar-refractivity contribution is -0.171. The number of para-hydroxylation sites is 1. The second-order valence-electron chi connectivity index (χ2n) is 6.84. The Morgan fingerprint density at radius 2 is 1.88 bits per heavy atom. The summed E-state index contributed by atoms with van der Waals surface area (Å²) in [6.45, 7) is 6.61. The molecule has 2 aliphatic rings. The van der Waals surface area contributed by atoms with E-state index in [2.05, 4.69) is 43.8 Å². The topological polar surface area (TPSA) is 29.5 Å². The summed E-state index contributed by atoms with van der Waals surface area (Å²) in [6.07, 6.45) is 2.28. The first-order valence-electron chi connectivity index (χ1n) is 8.36. The molecular formula is C21H21NO2. The predicted octanol–water partition coefficient (Wildman–Crippen LogP) is 3.34. The molecule has 24 heavy (non-hydrogen) atoms. The molecule has 2 heterocycles. The van der Waals surface area contributed by atoms with E-state index in [0.717, 1.165) is 12.2 Å². The molecule has 1 saturated heterocycles. The van der Waals surface area contributed by atoms with Gasteiger partial charge < -0.3 is 9.64 Å². The van der Waals surface area contributed by atoms with Crippen LogP contribution < -0.4 is 4.74 Å². The summed E-state index contributed by atoms with van der Waals surface area (Å²) in [5.74, 6) is 0.900. The number of fused-ring (bicyclic) bond motifs is 2. The summed E-state index contributed by atoms with van der Waals surface area (Å²) in [7, 11) is 0. The Balaban J connectivity index is 1.80. The van der Waals surface area contributed by atoms with Crippen LogP contribution in [0.4, 0.5) is 0 Å². The molecule has 0 radical (unpaired) electrons. The van der Waals surface area contributed by atoms with E-state index in [1.165, 1.54) is 11.1 Å². The normalized spacial score (nSPS) is 27.5. The van der Waals surface area contributed by atoms with Crippen molar-refractivity contribution in [1.29, 1.82) is 0 Å². The molecule has 122 valence electrons. The first kappa shape index (κ1) is 15.0. The number of carbonyl (C=O) groups is 1.